The van der Waals surface area contributed by atoms with E-state index in [9.17, 15) is 0 Å². The summed E-state index contributed by atoms with van der Waals surface area (Å²) in [7, 11) is 3.84. The average molecular weight is 229 g/mol. The third-order valence-electron chi connectivity index (χ3n) is 1.85. The molecule has 0 aliphatic rings. The Balaban J connectivity index is 3.16. The molecule has 0 spiro atoms. The molecule has 1 aromatic rings. The first-order valence-corrected chi connectivity index (χ1v) is 4.64. The van der Waals surface area contributed by atoms with Crippen molar-refractivity contribution in [3.05, 3.63) is 22.2 Å². The first-order valence-electron chi connectivity index (χ1n) is 3.84. The first kappa shape index (κ1) is 9.39. The average Bonchev–Trinajstić information content (AvgIpc) is 2.08. The summed E-state index contributed by atoms with van der Waals surface area (Å²) in [4.78, 5) is 0. The molecule has 0 unspecified atom stereocenters. The maximum absolute atomic E-state index is 3.48. The van der Waals surface area contributed by atoms with Gasteiger partial charge in [0.2, 0.25) is 0 Å². The lowest BCUT2D eigenvalue weighted by atomic mass is 10.2. The Morgan fingerprint density at radius 3 is 2.17 bits per heavy atom. The van der Waals surface area contributed by atoms with Crippen molar-refractivity contribution < 1.29 is 0 Å². The smallest absolute Gasteiger partial charge is 0.0486 e. The van der Waals surface area contributed by atoms with Crippen LogP contribution in [0, 0.1) is 6.92 Å². The van der Waals surface area contributed by atoms with E-state index in [1.807, 2.05) is 14.1 Å². The van der Waals surface area contributed by atoms with Crippen LogP contribution in [0.5, 0.6) is 0 Å². The molecule has 66 valence electrons. The van der Waals surface area contributed by atoms with E-state index in [2.05, 4.69) is 45.6 Å². The van der Waals surface area contributed by atoms with Crippen molar-refractivity contribution >= 4 is 27.3 Å². The van der Waals surface area contributed by atoms with Gasteiger partial charge in [0, 0.05) is 29.9 Å². The van der Waals surface area contributed by atoms with Gasteiger partial charge in [0.25, 0.3) is 0 Å². The highest BCUT2D eigenvalue weighted by Crippen LogP contribution is 2.28. The van der Waals surface area contributed by atoms with Gasteiger partial charge in [-0.1, -0.05) is 0 Å². The van der Waals surface area contributed by atoms with Crippen molar-refractivity contribution in [2.75, 3.05) is 24.7 Å². The predicted octanol–water partition coefficient (Wildman–Crippen LogP) is 2.84. The van der Waals surface area contributed by atoms with Crippen LogP contribution in [0.2, 0.25) is 0 Å². The predicted molar refractivity (Wildman–Crippen MR) is 58.0 cm³/mol. The quantitative estimate of drug-likeness (QED) is 0.814. The zero-order valence-corrected chi connectivity index (χ0v) is 9.12. The van der Waals surface area contributed by atoms with Crippen LogP contribution in [0.4, 0.5) is 11.4 Å². The molecule has 1 aromatic carbocycles. The van der Waals surface area contributed by atoms with Gasteiger partial charge in [-0.05, 0) is 40.5 Å². The van der Waals surface area contributed by atoms with Crippen LogP contribution < -0.4 is 10.6 Å². The van der Waals surface area contributed by atoms with Crippen LogP contribution in [0.25, 0.3) is 0 Å². The van der Waals surface area contributed by atoms with E-state index >= 15 is 0 Å². The van der Waals surface area contributed by atoms with E-state index < -0.39 is 0 Å². The van der Waals surface area contributed by atoms with Crippen LogP contribution in [-0.2, 0) is 0 Å². The maximum atomic E-state index is 3.48. The normalized spacial score (nSPS) is 9.67. The van der Waals surface area contributed by atoms with E-state index in [1.54, 1.807) is 0 Å². The maximum Gasteiger partial charge on any atom is 0.0486 e. The lowest BCUT2D eigenvalue weighted by molar-refractivity contribution is 1.37. The van der Waals surface area contributed by atoms with Gasteiger partial charge in [-0.25, -0.2) is 0 Å². The van der Waals surface area contributed by atoms with Crippen LogP contribution in [0.1, 0.15) is 5.56 Å². The summed E-state index contributed by atoms with van der Waals surface area (Å²) in [5, 5.41) is 6.24. The zero-order valence-electron chi connectivity index (χ0n) is 7.53. The van der Waals surface area contributed by atoms with Gasteiger partial charge >= 0.3 is 0 Å². The minimum absolute atomic E-state index is 1.08. The third kappa shape index (κ3) is 1.72. The van der Waals surface area contributed by atoms with Gasteiger partial charge in [-0.2, -0.15) is 0 Å². The molecule has 0 aromatic heterocycles. The first-order chi connectivity index (χ1) is 5.69. The number of nitrogens with one attached hydrogen (secondary N) is 2. The molecular formula is C9H13BrN2. The van der Waals surface area contributed by atoms with E-state index in [0.29, 0.717) is 0 Å². The van der Waals surface area contributed by atoms with Crippen molar-refractivity contribution in [2.24, 2.45) is 0 Å². The Labute approximate surface area is 81.5 Å². The van der Waals surface area contributed by atoms with E-state index in [-0.39, 0.29) is 0 Å². The highest BCUT2D eigenvalue weighted by atomic mass is 79.9. The van der Waals surface area contributed by atoms with Crippen LogP contribution in [0.3, 0.4) is 0 Å². The van der Waals surface area contributed by atoms with Crippen molar-refractivity contribution in [1.29, 1.82) is 0 Å². The largest absolute Gasteiger partial charge is 0.388 e. The SMILES string of the molecule is CNc1cc(Br)c(NC)cc1C. The number of hydrogen-bond acceptors (Lipinski definition) is 2. The Morgan fingerprint density at radius 2 is 1.67 bits per heavy atom. The number of halogens is 1. The minimum atomic E-state index is 1.08. The summed E-state index contributed by atoms with van der Waals surface area (Å²) in [6.45, 7) is 2.08. The van der Waals surface area contributed by atoms with E-state index in [1.165, 1.54) is 5.56 Å². The Morgan fingerprint density at radius 1 is 1.08 bits per heavy atom. The molecule has 3 heteroatoms. The summed E-state index contributed by atoms with van der Waals surface area (Å²) < 4.78 is 1.08. The lowest BCUT2D eigenvalue weighted by Crippen LogP contribution is -1.95. The summed E-state index contributed by atoms with van der Waals surface area (Å²) in [5.41, 5.74) is 3.51. The molecule has 2 nitrogen and oxygen atoms in total. The van der Waals surface area contributed by atoms with Gasteiger partial charge in [0.15, 0.2) is 0 Å². The van der Waals surface area contributed by atoms with Crippen molar-refractivity contribution in [3.63, 3.8) is 0 Å². The van der Waals surface area contributed by atoms with Crippen LogP contribution in [-0.4, -0.2) is 14.1 Å². The molecule has 0 amide bonds. The monoisotopic (exact) mass is 228 g/mol. The molecule has 0 radical (unpaired) electrons. The molecule has 0 aliphatic heterocycles. The fourth-order valence-electron chi connectivity index (χ4n) is 1.14. The Bertz CT molecular complexity index is 254. The topological polar surface area (TPSA) is 24.1 Å². The second kappa shape index (κ2) is 3.81. The Kier molecular flexibility index (Phi) is 2.98. The number of benzene rings is 1. The van der Waals surface area contributed by atoms with Gasteiger partial charge in [-0.15, -0.1) is 0 Å². The second-order valence-corrected chi connectivity index (χ2v) is 3.50. The van der Waals surface area contributed by atoms with Crippen LogP contribution in [0.15, 0.2) is 16.6 Å². The highest BCUT2D eigenvalue weighted by molar-refractivity contribution is 9.10. The Hall–Kier alpha value is -0.700. The van der Waals surface area contributed by atoms with Gasteiger partial charge in [0.1, 0.15) is 0 Å². The zero-order chi connectivity index (χ0) is 9.14. The summed E-state index contributed by atoms with van der Waals surface area (Å²) >= 11 is 3.48. The molecule has 0 aliphatic carbocycles. The number of hydrogen-bond donors (Lipinski definition) is 2. The molecule has 2 N–H and O–H groups in total. The highest BCUT2D eigenvalue weighted by Gasteiger charge is 2.01. The standard InChI is InChI=1S/C9H13BrN2/c1-6-4-9(12-3)7(10)5-8(6)11-2/h4-5,11-12H,1-3H3. The molecule has 12 heavy (non-hydrogen) atoms. The summed E-state index contributed by atoms with van der Waals surface area (Å²) in [5.74, 6) is 0. The number of anilines is 2. The molecule has 0 atom stereocenters. The van der Waals surface area contributed by atoms with E-state index in [0.717, 1.165) is 15.8 Å². The third-order valence-corrected chi connectivity index (χ3v) is 2.51. The lowest BCUT2D eigenvalue weighted by Gasteiger charge is -2.09. The summed E-state index contributed by atoms with van der Waals surface area (Å²) in [6.07, 6.45) is 0. The number of aryl methyl sites for hydroxylation is 1. The molecule has 0 saturated carbocycles. The molecule has 0 heterocycles. The molecule has 0 fully saturated rings. The molecule has 1 rings (SSSR count). The van der Waals surface area contributed by atoms with Gasteiger partial charge in [0.05, 0.1) is 0 Å². The fourth-order valence-corrected chi connectivity index (χ4v) is 1.68. The second-order valence-electron chi connectivity index (χ2n) is 2.65. The molecule has 0 saturated heterocycles. The summed E-state index contributed by atoms with van der Waals surface area (Å²) in [6, 6.07) is 4.18. The van der Waals surface area contributed by atoms with E-state index in [4.69, 9.17) is 0 Å². The number of rotatable bonds is 2. The van der Waals surface area contributed by atoms with Gasteiger partial charge in [-0.3, -0.25) is 0 Å². The van der Waals surface area contributed by atoms with Gasteiger partial charge < -0.3 is 10.6 Å². The molecule has 0 bridgehead atoms. The fraction of sp³-hybridized carbons (Fsp3) is 0.333. The van der Waals surface area contributed by atoms with Crippen molar-refractivity contribution in [1.82, 2.24) is 0 Å². The van der Waals surface area contributed by atoms with Crippen LogP contribution >= 0.6 is 15.9 Å². The molecular weight excluding hydrogens is 216 g/mol. The van der Waals surface area contributed by atoms with Crippen molar-refractivity contribution in [3.8, 4) is 0 Å². The minimum Gasteiger partial charge on any atom is -0.388 e. The van der Waals surface area contributed by atoms with Crippen molar-refractivity contribution in [2.45, 2.75) is 6.92 Å².